The standard InChI is InChI=1S/C75H105N17O26/c1-37(26-58(98)99)62-74(116)90-52(28-54(94)43-21-13-15-22-44(43)77)75(117)118-39(3)63(73(115)81-35-56(96)83-46(24-17-25-76)67(109)88-50(31-60(102)103)68(110)82-38(2)64(106)85-49(30-59(100)101)66(108)80-34-57(97)84-53(36-93)72(114)91-62)92-71(113)51(32-61(104)105)89-70(112)48(29-55(78)95)87-69(111)47(27-41-33-79-45-23-16-14-20-42(41)45)86-65(107)40-18-11-9-7-5-4-6-8-10-12-19-40/h13-16,20-23,33,37-40,46-53,62-63,79,93H,4-12,17-19,24-32,34-36,76-77H2,1-3H3,(H2,78,95)(H,80,108)(H,81,115)(H,82,110)(H,83,96)(H,84,97)(H,85,106)(H,86,107)(H,87,111)(H,88,109)(H,89,112)(H,90,116)(H,91,114)(H,92,113)(H,98,99)(H,100,101)(H,102,103)(H,104,105)/t37-,38-,39-,46+,47?,48-,49+,50+,51+,52+,53-,62+,63+/m1/s1. The van der Waals surface area contributed by atoms with Crippen LogP contribution in [-0.4, -0.2) is 248 Å². The van der Waals surface area contributed by atoms with E-state index >= 15 is 0 Å². The number of ether oxygens (including phenoxy) is 1. The van der Waals surface area contributed by atoms with E-state index in [1.165, 1.54) is 24.3 Å². The van der Waals surface area contributed by atoms with Crippen LogP contribution in [0.5, 0.6) is 0 Å². The topological polar surface area (TPSA) is 702 Å². The van der Waals surface area contributed by atoms with Gasteiger partial charge >= 0.3 is 29.8 Å². The Balaban J connectivity index is 1.61. The maximum atomic E-state index is 14.9. The highest BCUT2D eigenvalue weighted by atomic mass is 16.5. The van der Waals surface area contributed by atoms with Crippen molar-refractivity contribution in [1.82, 2.24) is 74.1 Å². The van der Waals surface area contributed by atoms with Gasteiger partial charge in [-0.25, -0.2) is 4.79 Å². The SMILES string of the molecule is C[C@H](CC(=O)O)[C@@H]1NC(=O)[C@@H](CO)NC(=O)CNC(=O)[C@H](CC(=O)O)NC(=O)[C@@H](C)NC(=O)[C@H](CC(=O)O)NC(=O)[C@H](CCCN)NC(=O)CNC(=O)[C@@H](NC(=O)[C@H](CC(=O)O)NC(=O)[C@@H](CC(N)=O)NC(=O)C(Cc2c[nH]c3ccccc23)NC(=O)C2CCCCCCCCCCC2)[C@@H](C)OC(=O)[C@H](CC(=O)c2ccccc2N)NC1=O. The van der Waals surface area contributed by atoms with E-state index in [1.807, 2.05) is 16.0 Å². The van der Waals surface area contributed by atoms with Gasteiger partial charge in [0.2, 0.25) is 82.7 Å². The number of aliphatic hydroxyl groups excluding tert-OH is 1. The zero-order valence-corrected chi connectivity index (χ0v) is 65.3. The first-order chi connectivity index (χ1) is 55.9. The summed E-state index contributed by atoms with van der Waals surface area (Å²) in [6, 6.07) is -10.5. The molecular formula is C75H105N17O26. The van der Waals surface area contributed by atoms with Crippen LogP contribution in [0.2, 0.25) is 0 Å². The van der Waals surface area contributed by atoms with E-state index in [1.54, 1.807) is 30.5 Å². The van der Waals surface area contributed by atoms with Crippen LogP contribution in [0.25, 0.3) is 10.9 Å². The van der Waals surface area contributed by atoms with E-state index < -0.39 is 267 Å². The maximum Gasteiger partial charge on any atom is 0.329 e. The minimum absolute atomic E-state index is 0.0926. The molecule has 14 amide bonds. The van der Waals surface area contributed by atoms with Gasteiger partial charge in [-0.1, -0.05) is 95.0 Å². The zero-order chi connectivity index (χ0) is 87.5. The molecule has 2 aromatic carbocycles. The highest BCUT2D eigenvalue weighted by molar-refractivity contribution is 6.05. The van der Waals surface area contributed by atoms with Gasteiger partial charge in [-0.05, 0) is 75.8 Å². The van der Waals surface area contributed by atoms with Gasteiger partial charge in [0.05, 0.1) is 51.8 Å². The quantitative estimate of drug-likeness (QED) is 0.0184. The van der Waals surface area contributed by atoms with Crippen molar-refractivity contribution in [3.63, 3.8) is 0 Å². The number of amides is 14. The third kappa shape index (κ3) is 31.8. The number of rotatable bonds is 28. The molecule has 1 saturated heterocycles. The summed E-state index contributed by atoms with van der Waals surface area (Å²) < 4.78 is 5.71. The number of aliphatic carboxylic acids is 4. The molecule has 25 N–H and O–H groups in total. The number of primary amides is 1. The average Bonchev–Trinajstić information content (AvgIpc) is 1.61. The summed E-state index contributed by atoms with van der Waals surface area (Å²) in [4.78, 5) is 278. The number of fused-ring (bicyclic) bond motifs is 1. The lowest BCUT2D eigenvalue weighted by molar-refractivity contribution is -0.156. The number of aliphatic hydroxyl groups is 1. The van der Waals surface area contributed by atoms with Gasteiger partial charge in [-0.15, -0.1) is 0 Å². The van der Waals surface area contributed by atoms with Crippen molar-refractivity contribution in [2.24, 2.45) is 23.3 Å². The van der Waals surface area contributed by atoms with Gasteiger partial charge < -0.3 is 122 Å². The molecule has 1 aromatic heterocycles. The second kappa shape index (κ2) is 48.0. The molecule has 43 nitrogen and oxygen atoms in total. The number of benzene rings is 2. The van der Waals surface area contributed by atoms with Gasteiger partial charge in [0.1, 0.15) is 72.6 Å². The number of nitrogens with one attached hydrogen (secondary N) is 14. The molecule has 3 aromatic rings. The van der Waals surface area contributed by atoms with E-state index in [-0.39, 0.29) is 30.6 Å². The summed E-state index contributed by atoms with van der Waals surface area (Å²) in [5, 5.41) is 79.2. The number of nitrogens with two attached hydrogens (primary N) is 3. The summed E-state index contributed by atoms with van der Waals surface area (Å²) in [6.07, 6.45) is 1.02. The third-order valence-corrected chi connectivity index (χ3v) is 19.3. The highest BCUT2D eigenvalue weighted by Gasteiger charge is 2.41. The fourth-order valence-electron chi connectivity index (χ4n) is 12.9. The summed E-state index contributed by atoms with van der Waals surface area (Å²) in [5.41, 5.74) is 18.2. The first kappa shape index (κ1) is 95.9. The molecule has 1 aliphatic heterocycles. The largest absolute Gasteiger partial charge is 0.481 e. The number of anilines is 1. The molecule has 43 heteroatoms. The molecule has 1 saturated carbocycles. The lowest BCUT2D eigenvalue weighted by Crippen LogP contribution is -2.62. The van der Waals surface area contributed by atoms with Crippen molar-refractivity contribution in [3.05, 3.63) is 65.9 Å². The van der Waals surface area contributed by atoms with Gasteiger partial charge in [-0.3, -0.25) is 91.1 Å². The molecular weight excluding hydrogens is 1550 g/mol. The number of carboxylic acid groups (broad SMARTS) is 4. The van der Waals surface area contributed by atoms with Crippen molar-refractivity contribution in [1.29, 1.82) is 0 Å². The summed E-state index contributed by atoms with van der Waals surface area (Å²) in [7, 11) is 0. The number of nitrogen functional groups attached to an aromatic ring is 1. The van der Waals surface area contributed by atoms with E-state index in [4.69, 9.17) is 21.9 Å². The number of aromatic amines is 1. The minimum atomic E-state index is -2.45. The minimum Gasteiger partial charge on any atom is -0.481 e. The molecule has 2 heterocycles. The molecule has 0 bridgehead atoms. The number of Topliss-reactive ketones (excluding diaryl/α,β-unsaturated/α-hetero) is 1. The summed E-state index contributed by atoms with van der Waals surface area (Å²) >= 11 is 0. The zero-order valence-electron chi connectivity index (χ0n) is 65.3. The molecule has 0 spiro atoms. The number of hydrogen-bond acceptors (Lipinski definition) is 24. The number of ketones is 1. The van der Waals surface area contributed by atoms with Crippen LogP contribution in [0.15, 0.2) is 54.7 Å². The molecule has 646 valence electrons. The van der Waals surface area contributed by atoms with Crippen molar-refractivity contribution in [3.8, 4) is 0 Å². The Kier molecular flexibility index (Phi) is 39.0. The van der Waals surface area contributed by atoms with Crippen molar-refractivity contribution < 1.29 is 126 Å². The van der Waals surface area contributed by atoms with Crippen LogP contribution in [0, 0.1) is 11.8 Å². The number of carbonyl (C=O) groups excluding carboxylic acids is 16. The second-order valence-corrected chi connectivity index (χ2v) is 28.8. The van der Waals surface area contributed by atoms with E-state index in [0.29, 0.717) is 29.3 Å². The van der Waals surface area contributed by atoms with Crippen LogP contribution >= 0.6 is 0 Å². The van der Waals surface area contributed by atoms with Crippen molar-refractivity contribution >= 4 is 135 Å². The highest BCUT2D eigenvalue weighted by Crippen LogP contribution is 2.25. The molecule has 1 aliphatic carbocycles. The number of carboxylic acids is 4. The van der Waals surface area contributed by atoms with Crippen LogP contribution < -0.4 is 86.3 Å². The number of H-pyrrole nitrogens is 1. The Morgan fingerprint density at radius 3 is 1.63 bits per heavy atom. The van der Waals surface area contributed by atoms with E-state index in [2.05, 4.69) is 58.2 Å². The lowest BCUT2D eigenvalue weighted by atomic mass is 9.91. The predicted octanol–water partition coefficient (Wildman–Crippen LogP) is -4.84. The monoisotopic (exact) mass is 1660 g/mol. The maximum absolute atomic E-state index is 14.9. The number of hydrogen-bond donors (Lipinski definition) is 22. The molecule has 1 unspecified atom stereocenters. The number of cyclic esters (lactones) is 1. The van der Waals surface area contributed by atoms with E-state index in [9.17, 15) is 121 Å². The summed E-state index contributed by atoms with van der Waals surface area (Å²) in [6.45, 7) is -0.933. The Morgan fingerprint density at radius 2 is 1.05 bits per heavy atom. The smallest absolute Gasteiger partial charge is 0.329 e. The fourth-order valence-corrected chi connectivity index (χ4v) is 12.9. The Bertz CT molecular complexity index is 4140. The molecule has 118 heavy (non-hydrogen) atoms. The summed E-state index contributed by atoms with van der Waals surface area (Å²) in [5.74, 6) is -30.1. The van der Waals surface area contributed by atoms with Crippen LogP contribution in [0.1, 0.15) is 159 Å². The van der Waals surface area contributed by atoms with Crippen molar-refractivity contribution in [2.45, 2.75) is 222 Å². The van der Waals surface area contributed by atoms with Gasteiger partial charge in [-0.2, -0.15) is 0 Å². The van der Waals surface area contributed by atoms with Gasteiger partial charge in [0, 0.05) is 47.1 Å². The fraction of sp³-hybridized carbons (Fsp3) is 0.547. The number of esters is 1. The molecule has 13 atom stereocenters. The Hall–Kier alpha value is -12.7. The van der Waals surface area contributed by atoms with Crippen LogP contribution in [-0.2, 0) is 102 Å². The third-order valence-electron chi connectivity index (χ3n) is 19.3. The lowest BCUT2D eigenvalue weighted by Gasteiger charge is -2.30. The van der Waals surface area contributed by atoms with Crippen molar-refractivity contribution in [2.75, 3.05) is 32.0 Å². The predicted molar refractivity (Wildman–Crippen MR) is 412 cm³/mol. The van der Waals surface area contributed by atoms with E-state index in [0.717, 1.165) is 78.6 Å². The molecule has 5 rings (SSSR count). The van der Waals surface area contributed by atoms with Crippen LogP contribution in [0.4, 0.5) is 5.69 Å². The van der Waals surface area contributed by atoms with Gasteiger partial charge in [0.25, 0.3) is 0 Å². The first-order valence-corrected chi connectivity index (χ1v) is 38.4. The number of carbonyl (C=O) groups is 20. The number of para-hydroxylation sites is 2. The van der Waals surface area contributed by atoms with Crippen LogP contribution in [0.3, 0.4) is 0 Å². The second-order valence-electron chi connectivity index (χ2n) is 28.8. The molecule has 2 aliphatic rings. The molecule has 2 fully saturated rings. The number of aromatic nitrogens is 1. The van der Waals surface area contributed by atoms with Gasteiger partial charge in [0.15, 0.2) is 5.78 Å². The first-order valence-electron chi connectivity index (χ1n) is 38.4. The molecule has 0 radical (unpaired) electrons. The normalized spacial score (nSPS) is 22.5. The average molecular weight is 1660 g/mol. The Labute approximate surface area is 675 Å². The Morgan fingerprint density at radius 1 is 0.534 bits per heavy atom.